The second kappa shape index (κ2) is 10.0. The van der Waals surface area contributed by atoms with Crippen molar-refractivity contribution in [2.24, 2.45) is 0 Å². The molecule has 7 nitrogen and oxygen atoms in total. The number of nitrogens with zero attached hydrogens (tertiary/aromatic N) is 1. The van der Waals surface area contributed by atoms with E-state index in [2.05, 4.69) is 26.1 Å². The summed E-state index contributed by atoms with van der Waals surface area (Å²) in [5, 5.41) is 2.13. The van der Waals surface area contributed by atoms with Crippen molar-refractivity contribution in [2.75, 3.05) is 18.5 Å². The van der Waals surface area contributed by atoms with Gasteiger partial charge in [-0.25, -0.2) is 4.79 Å². The van der Waals surface area contributed by atoms with Crippen LogP contribution in [0.25, 0.3) is 6.08 Å². The number of thioether (sulfide) groups is 1. The molecular weight excluding hydrogens is 440 g/mol. The van der Waals surface area contributed by atoms with E-state index < -0.39 is 29.6 Å². The number of carbonyl (C=O) groups is 4. The SMILES string of the molecule is CCOC(=O)c1ccc(NC(=O)CN2C(=O)S/C(=C\c3ccc(C(C)(C)C)cc3)C2=O)cc1. The fourth-order valence-electron chi connectivity index (χ4n) is 3.12. The van der Waals surface area contributed by atoms with Crippen LogP contribution in [-0.2, 0) is 19.7 Å². The van der Waals surface area contributed by atoms with Crippen molar-refractivity contribution in [1.29, 1.82) is 0 Å². The van der Waals surface area contributed by atoms with Crippen LogP contribution < -0.4 is 5.32 Å². The van der Waals surface area contributed by atoms with Crippen LogP contribution in [0, 0.1) is 0 Å². The zero-order valence-electron chi connectivity index (χ0n) is 19.0. The number of hydrogen-bond acceptors (Lipinski definition) is 6. The molecule has 3 amide bonds. The first kappa shape index (κ1) is 24.3. The third-order valence-corrected chi connectivity index (χ3v) is 5.84. The molecule has 0 aromatic heterocycles. The van der Waals surface area contributed by atoms with E-state index >= 15 is 0 Å². The molecule has 33 heavy (non-hydrogen) atoms. The fourth-order valence-corrected chi connectivity index (χ4v) is 3.95. The zero-order valence-corrected chi connectivity index (χ0v) is 19.8. The maximum Gasteiger partial charge on any atom is 0.338 e. The fraction of sp³-hybridized carbons (Fsp3) is 0.280. The van der Waals surface area contributed by atoms with Crippen molar-refractivity contribution in [3.63, 3.8) is 0 Å². The Morgan fingerprint density at radius 3 is 2.24 bits per heavy atom. The summed E-state index contributed by atoms with van der Waals surface area (Å²) in [6, 6.07) is 14.0. The monoisotopic (exact) mass is 466 g/mol. The first-order chi connectivity index (χ1) is 15.6. The molecule has 1 saturated heterocycles. The van der Waals surface area contributed by atoms with E-state index in [1.54, 1.807) is 25.1 Å². The molecule has 2 aromatic carbocycles. The third kappa shape index (κ3) is 6.10. The van der Waals surface area contributed by atoms with Crippen LogP contribution in [0.15, 0.2) is 53.4 Å². The summed E-state index contributed by atoms with van der Waals surface area (Å²) in [5.74, 6) is -1.47. The van der Waals surface area contributed by atoms with Crippen LogP contribution in [0.5, 0.6) is 0 Å². The van der Waals surface area contributed by atoms with Gasteiger partial charge in [-0.2, -0.15) is 0 Å². The van der Waals surface area contributed by atoms with Gasteiger partial charge in [-0.3, -0.25) is 19.3 Å². The number of rotatable bonds is 6. The Hall–Kier alpha value is -3.39. The lowest BCUT2D eigenvalue weighted by molar-refractivity contribution is -0.127. The second-order valence-corrected chi connectivity index (χ2v) is 9.48. The molecule has 3 rings (SSSR count). The van der Waals surface area contributed by atoms with Crippen molar-refractivity contribution in [3.8, 4) is 0 Å². The lowest BCUT2D eigenvalue weighted by atomic mass is 9.87. The molecule has 0 spiro atoms. The summed E-state index contributed by atoms with van der Waals surface area (Å²) in [7, 11) is 0. The Balaban J connectivity index is 1.63. The maximum absolute atomic E-state index is 12.7. The normalized spacial score (nSPS) is 15.2. The van der Waals surface area contributed by atoms with Crippen molar-refractivity contribution in [1.82, 2.24) is 4.90 Å². The molecule has 1 aliphatic heterocycles. The zero-order chi connectivity index (χ0) is 24.2. The Bertz CT molecular complexity index is 1100. The topological polar surface area (TPSA) is 92.8 Å². The largest absolute Gasteiger partial charge is 0.462 e. The predicted octanol–water partition coefficient (Wildman–Crippen LogP) is 4.84. The molecule has 172 valence electrons. The Morgan fingerprint density at radius 1 is 1.03 bits per heavy atom. The van der Waals surface area contributed by atoms with Gasteiger partial charge in [0.2, 0.25) is 5.91 Å². The molecule has 0 aliphatic carbocycles. The van der Waals surface area contributed by atoms with Crippen molar-refractivity contribution in [3.05, 3.63) is 70.1 Å². The van der Waals surface area contributed by atoms with Gasteiger partial charge in [0.05, 0.1) is 17.1 Å². The van der Waals surface area contributed by atoms with E-state index in [0.29, 0.717) is 11.3 Å². The molecule has 0 radical (unpaired) electrons. The minimum absolute atomic E-state index is 0.0167. The number of esters is 1. The molecule has 1 heterocycles. The summed E-state index contributed by atoms with van der Waals surface area (Å²) < 4.78 is 4.92. The average molecular weight is 467 g/mol. The molecule has 0 atom stereocenters. The first-order valence-electron chi connectivity index (χ1n) is 10.5. The predicted molar refractivity (Wildman–Crippen MR) is 129 cm³/mol. The number of imide groups is 1. The second-order valence-electron chi connectivity index (χ2n) is 8.49. The number of carbonyl (C=O) groups excluding carboxylic acids is 4. The van der Waals surface area contributed by atoms with Gasteiger partial charge in [0, 0.05) is 5.69 Å². The minimum atomic E-state index is -0.517. The summed E-state index contributed by atoms with van der Waals surface area (Å²) >= 11 is 0.812. The number of benzene rings is 2. The molecule has 0 bridgehead atoms. The standard InChI is InChI=1S/C25H26N2O5S/c1-5-32-23(30)17-8-12-19(13-9-17)26-21(28)15-27-22(29)20(33-24(27)31)14-16-6-10-18(11-7-16)25(2,3)4/h6-14H,5,15H2,1-4H3,(H,26,28)/b20-14-. The van der Waals surface area contributed by atoms with Crippen LogP contribution in [-0.4, -0.2) is 41.1 Å². The number of amides is 3. The van der Waals surface area contributed by atoms with E-state index in [1.165, 1.54) is 17.7 Å². The van der Waals surface area contributed by atoms with Gasteiger partial charge in [0.15, 0.2) is 0 Å². The molecule has 2 aromatic rings. The van der Waals surface area contributed by atoms with Gasteiger partial charge in [0.25, 0.3) is 11.1 Å². The molecular formula is C25H26N2O5S. The molecule has 1 fully saturated rings. The van der Waals surface area contributed by atoms with Gasteiger partial charge in [-0.1, -0.05) is 45.0 Å². The van der Waals surface area contributed by atoms with E-state index in [1.807, 2.05) is 24.3 Å². The number of hydrogen-bond donors (Lipinski definition) is 1. The lowest BCUT2D eigenvalue weighted by Gasteiger charge is -2.18. The Morgan fingerprint density at radius 2 is 1.67 bits per heavy atom. The Labute approximate surface area is 197 Å². The highest BCUT2D eigenvalue weighted by Gasteiger charge is 2.36. The third-order valence-electron chi connectivity index (χ3n) is 4.93. The quantitative estimate of drug-likeness (QED) is 0.484. The number of anilines is 1. The number of ether oxygens (including phenoxy) is 1. The molecule has 1 N–H and O–H groups in total. The first-order valence-corrected chi connectivity index (χ1v) is 11.3. The summed E-state index contributed by atoms with van der Waals surface area (Å²) in [5.41, 5.74) is 2.79. The highest BCUT2D eigenvalue weighted by atomic mass is 32.2. The summed E-state index contributed by atoms with van der Waals surface area (Å²) in [4.78, 5) is 50.3. The van der Waals surface area contributed by atoms with Crippen LogP contribution in [0.3, 0.4) is 0 Å². The number of nitrogens with one attached hydrogen (secondary N) is 1. The molecule has 0 saturated carbocycles. The minimum Gasteiger partial charge on any atom is -0.462 e. The molecule has 0 unspecified atom stereocenters. The van der Waals surface area contributed by atoms with Crippen molar-refractivity contribution < 1.29 is 23.9 Å². The van der Waals surface area contributed by atoms with Gasteiger partial charge in [0.1, 0.15) is 6.54 Å². The van der Waals surface area contributed by atoms with Crippen LogP contribution in [0.2, 0.25) is 0 Å². The van der Waals surface area contributed by atoms with Crippen molar-refractivity contribution in [2.45, 2.75) is 33.1 Å². The average Bonchev–Trinajstić information content (AvgIpc) is 3.01. The summed E-state index contributed by atoms with van der Waals surface area (Å²) in [6.07, 6.45) is 1.66. The maximum atomic E-state index is 12.7. The van der Waals surface area contributed by atoms with Crippen molar-refractivity contribution >= 4 is 46.5 Å². The van der Waals surface area contributed by atoms with Gasteiger partial charge in [-0.05, 0) is 65.6 Å². The van der Waals surface area contributed by atoms with Gasteiger partial charge >= 0.3 is 5.97 Å². The highest BCUT2D eigenvalue weighted by molar-refractivity contribution is 8.18. The van der Waals surface area contributed by atoms with E-state index in [9.17, 15) is 19.2 Å². The van der Waals surface area contributed by atoms with Crippen LogP contribution >= 0.6 is 11.8 Å². The van der Waals surface area contributed by atoms with E-state index in [0.717, 1.165) is 22.2 Å². The molecule has 8 heteroatoms. The van der Waals surface area contributed by atoms with Crippen LogP contribution in [0.4, 0.5) is 10.5 Å². The van der Waals surface area contributed by atoms with Crippen LogP contribution in [0.1, 0.15) is 49.2 Å². The van der Waals surface area contributed by atoms with Gasteiger partial charge in [-0.15, -0.1) is 0 Å². The summed E-state index contributed by atoms with van der Waals surface area (Å²) in [6.45, 7) is 7.94. The highest BCUT2D eigenvalue weighted by Crippen LogP contribution is 2.32. The molecule has 1 aliphatic rings. The Kier molecular flexibility index (Phi) is 7.38. The smallest absolute Gasteiger partial charge is 0.338 e. The van der Waals surface area contributed by atoms with E-state index in [-0.39, 0.29) is 16.9 Å². The van der Waals surface area contributed by atoms with E-state index in [4.69, 9.17) is 4.74 Å². The van der Waals surface area contributed by atoms with Gasteiger partial charge < -0.3 is 10.1 Å². The lowest BCUT2D eigenvalue weighted by Crippen LogP contribution is -2.36.